The lowest BCUT2D eigenvalue weighted by Crippen LogP contribution is -2.38. The molecule has 1 aromatic carbocycles. The summed E-state index contributed by atoms with van der Waals surface area (Å²) in [5, 5.41) is 3.17. The highest BCUT2D eigenvalue weighted by molar-refractivity contribution is 5.92. The van der Waals surface area contributed by atoms with Gasteiger partial charge in [-0.1, -0.05) is 19.1 Å². The van der Waals surface area contributed by atoms with Crippen LogP contribution in [0.25, 0.3) is 0 Å². The van der Waals surface area contributed by atoms with Gasteiger partial charge in [0.2, 0.25) is 5.95 Å². The summed E-state index contributed by atoms with van der Waals surface area (Å²) >= 11 is 0. The van der Waals surface area contributed by atoms with Crippen LogP contribution in [0, 0.1) is 5.92 Å². The van der Waals surface area contributed by atoms with Crippen LogP contribution in [0.1, 0.15) is 44.1 Å². The Morgan fingerprint density at radius 3 is 2.69 bits per heavy atom. The second kappa shape index (κ2) is 8.17. The molecule has 0 unspecified atom stereocenters. The summed E-state index contributed by atoms with van der Waals surface area (Å²) in [6.07, 6.45) is 3.76. The number of rotatable bonds is 5. The maximum atomic E-state index is 12.7. The number of carbonyl (C=O) groups is 1. The van der Waals surface area contributed by atoms with Crippen molar-refractivity contribution in [2.45, 2.75) is 39.7 Å². The van der Waals surface area contributed by atoms with E-state index in [0.29, 0.717) is 17.6 Å². The molecule has 2 heterocycles. The van der Waals surface area contributed by atoms with Gasteiger partial charge < -0.3 is 15.0 Å². The third-order valence-corrected chi connectivity index (χ3v) is 4.44. The number of anilines is 2. The zero-order chi connectivity index (χ0) is 18.5. The van der Waals surface area contributed by atoms with E-state index in [4.69, 9.17) is 4.74 Å². The van der Waals surface area contributed by atoms with E-state index in [1.54, 1.807) is 12.3 Å². The van der Waals surface area contributed by atoms with Crippen molar-refractivity contribution in [3.05, 3.63) is 42.2 Å². The van der Waals surface area contributed by atoms with E-state index in [2.05, 4.69) is 22.2 Å². The quantitative estimate of drug-likeness (QED) is 0.882. The largest absolute Gasteiger partial charge is 0.489 e. The van der Waals surface area contributed by atoms with Gasteiger partial charge in [-0.3, -0.25) is 4.79 Å². The zero-order valence-electron chi connectivity index (χ0n) is 15.6. The summed E-state index contributed by atoms with van der Waals surface area (Å²) in [5.74, 6) is 1.77. The van der Waals surface area contributed by atoms with Crippen LogP contribution in [0.5, 0.6) is 5.75 Å². The molecule has 2 aromatic rings. The molecule has 1 aliphatic heterocycles. The fraction of sp³-hybridized carbons (Fsp3) is 0.450. The number of amides is 1. The molecule has 6 nitrogen and oxygen atoms in total. The third kappa shape index (κ3) is 4.50. The number of hydrogen-bond acceptors (Lipinski definition) is 5. The molecular formula is C20H26N4O2. The number of carbonyl (C=O) groups excluding carboxylic acids is 1. The molecule has 1 N–H and O–H groups in total. The van der Waals surface area contributed by atoms with Crippen molar-refractivity contribution in [2.75, 3.05) is 18.4 Å². The summed E-state index contributed by atoms with van der Waals surface area (Å²) in [6, 6.07) is 9.30. The monoisotopic (exact) mass is 354 g/mol. The van der Waals surface area contributed by atoms with Crippen LogP contribution in [0.4, 0.5) is 11.6 Å². The van der Waals surface area contributed by atoms with Crippen molar-refractivity contribution >= 4 is 17.5 Å². The van der Waals surface area contributed by atoms with E-state index in [1.165, 1.54) is 0 Å². The van der Waals surface area contributed by atoms with E-state index in [-0.39, 0.29) is 12.0 Å². The molecule has 0 bridgehead atoms. The van der Waals surface area contributed by atoms with Crippen molar-refractivity contribution in [3.8, 4) is 5.75 Å². The number of nitrogens with one attached hydrogen (secondary N) is 1. The maximum absolute atomic E-state index is 12.7. The highest BCUT2D eigenvalue weighted by atomic mass is 16.5. The molecule has 0 radical (unpaired) electrons. The summed E-state index contributed by atoms with van der Waals surface area (Å²) in [4.78, 5) is 23.2. The Morgan fingerprint density at radius 1 is 1.23 bits per heavy atom. The van der Waals surface area contributed by atoms with Crippen molar-refractivity contribution in [3.63, 3.8) is 0 Å². The molecule has 0 atom stereocenters. The number of nitrogens with zero attached hydrogens (tertiary/aromatic N) is 3. The van der Waals surface area contributed by atoms with Gasteiger partial charge in [-0.15, -0.1) is 0 Å². The van der Waals surface area contributed by atoms with Crippen molar-refractivity contribution in [1.29, 1.82) is 0 Å². The summed E-state index contributed by atoms with van der Waals surface area (Å²) in [6.45, 7) is 7.76. The number of hydrogen-bond donors (Lipinski definition) is 1. The van der Waals surface area contributed by atoms with E-state index in [0.717, 1.165) is 37.4 Å². The van der Waals surface area contributed by atoms with E-state index >= 15 is 0 Å². The molecule has 138 valence electrons. The summed E-state index contributed by atoms with van der Waals surface area (Å²) in [7, 11) is 0. The number of benzene rings is 1. The molecule has 0 aliphatic carbocycles. The molecule has 1 aromatic heterocycles. The van der Waals surface area contributed by atoms with Gasteiger partial charge in [-0.25, -0.2) is 9.97 Å². The van der Waals surface area contributed by atoms with E-state index < -0.39 is 0 Å². The van der Waals surface area contributed by atoms with Crippen LogP contribution in [0.3, 0.4) is 0 Å². The predicted molar refractivity (Wildman–Crippen MR) is 102 cm³/mol. The Bertz CT molecular complexity index is 755. The molecule has 0 saturated carbocycles. The van der Waals surface area contributed by atoms with Gasteiger partial charge in [-0.05, 0) is 50.8 Å². The second-order valence-corrected chi connectivity index (χ2v) is 7.03. The van der Waals surface area contributed by atoms with Gasteiger partial charge >= 0.3 is 0 Å². The maximum Gasteiger partial charge on any atom is 0.272 e. The Kier molecular flexibility index (Phi) is 5.71. The van der Waals surface area contributed by atoms with Crippen molar-refractivity contribution in [2.24, 2.45) is 5.92 Å². The molecule has 1 fully saturated rings. The fourth-order valence-corrected chi connectivity index (χ4v) is 2.96. The van der Waals surface area contributed by atoms with Gasteiger partial charge in [0.15, 0.2) is 0 Å². The van der Waals surface area contributed by atoms with Crippen LogP contribution in [-0.2, 0) is 0 Å². The van der Waals surface area contributed by atoms with Crippen LogP contribution in [-0.4, -0.2) is 40.0 Å². The standard InChI is InChI=1S/C20H26N4O2/c1-14(2)26-18-7-5-4-6-16(18)22-20-21-11-8-17(23-20)19(25)24-12-9-15(3)10-13-24/h4-8,11,14-15H,9-10,12-13H2,1-3H3,(H,21,22,23). The first-order valence-electron chi connectivity index (χ1n) is 9.18. The summed E-state index contributed by atoms with van der Waals surface area (Å²) in [5.41, 5.74) is 1.19. The normalized spacial score (nSPS) is 15.2. The minimum Gasteiger partial charge on any atom is -0.489 e. The molecule has 3 rings (SSSR count). The van der Waals surface area contributed by atoms with Gasteiger partial charge in [-0.2, -0.15) is 0 Å². The lowest BCUT2D eigenvalue weighted by Gasteiger charge is -2.30. The molecule has 1 saturated heterocycles. The molecular weight excluding hydrogens is 328 g/mol. The number of piperidine rings is 1. The second-order valence-electron chi connectivity index (χ2n) is 7.03. The third-order valence-electron chi connectivity index (χ3n) is 4.44. The topological polar surface area (TPSA) is 67.4 Å². The minimum atomic E-state index is -0.0333. The van der Waals surface area contributed by atoms with E-state index in [1.807, 2.05) is 43.0 Å². The molecule has 6 heteroatoms. The number of para-hydroxylation sites is 2. The average Bonchev–Trinajstić information content (AvgIpc) is 2.63. The lowest BCUT2D eigenvalue weighted by atomic mass is 9.99. The highest BCUT2D eigenvalue weighted by Gasteiger charge is 2.22. The van der Waals surface area contributed by atoms with Crippen LogP contribution in [0.2, 0.25) is 0 Å². The number of aromatic nitrogens is 2. The Hall–Kier alpha value is -2.63. The molecule has 1 amide bonds. The average molecular weight is 354 g/mol. The van der Waals surface area contributed by atoms with Crippen molar-refractivity contribution < 1.29 is 9.53 Å². The van der Waals surface area contributed by atoms with E-state index in [9.17, 15) is 4.79 Å². The predicted octanol–water partition coefficient (Wildman–Crippen LogP) is 3.88. The fourth-order valence-electron chi connectivity index (χ4n) is 2.96. The summed E-state index contributed by atoms with van der Waals surface area (Å²) < 4.78 is 5.81. The number of likely N-dealkylation sites (tertiary alicyclic amines) is 1. The molecule has 1 aliphatic rings. The number of ether oxygens (including phenoxy) is 1. The lowest BCUT2D eigenvalue weighted by molar-refractivity contribution is 0.0691. The molecule has 26 heavy (non-hydrogen) atoms. The Labute approximate surface area is 154 Å². The van der Waals surface area contributed by atoms with Gasteiger partial charge in [0, 0.05) is 19.3 Å². The van der Waals surface area contributed by atoms with Gasteiger partial charge in [0.05, 0.1) is 11.8 Å². The van der Waals surface area contributed by atoms with Crippen LogP contribution < -0.4 is 10.1 Å². The Morgan fingerprint density at radius 2 is 1.96 bits per heavy atom. The SMILES string of the molecule is CC1CCN(C(=O)c2ccnc(Nc3ccccc3OC(C)C)n2)CC1. The smallest absolute Gasteiger partial charge is 0.272 e. The highest BCUT2D eigenvalue weighted by Crippen LogP contribution is 2.27. The van der Waals surface area contributed by atoms with Crippen LogP contribution >= 0.6 is 0 Å². The first kappa shape index (κ1) is 18.2. The Balaban J connectivity index is 1.75. The molecule has 0 spiro atoms. The van der Waals surface area contributed by atoms with Gasteiger partial charge in [0.25, 0.3) is 5.91 Å². The first-order valence-corrected chi connectivity index (χ1v) is 9.18. The van der Waals surface area contributed by atoms with Crippen molar-refractivity contribution in [1.82, 2.24) is 14.9 Å². The zero-order valence-corrected chi connectivity index (χ0v) is 15.6. The first-order chi connectivity index (χ1) is 12.5. The van der Waals surface area contributed by atoms with Crippen LogP contribution in [0.15, 0.2) is 36.5 Å². The minimum absolute atomic E-state index is 0.0333. The van der Waals surface area contributed by atoms with Gasteiger partial charge in [0.1, 0.15) is 11.4 Å².